The van der Waals surface area contributed by atoms with E-state index in [0.29, 0.717) is 5.11 Å². The Bertz CT molecular complexity index is 679. The molecule has 0 unspecified atom stereocenters. The Kier molecular flexibility index (Phi) is 6.25. The third kappa shape index (κ3) is 5.44. The molecule has 3 rings (SSSR count). The molecule has 0 aromatic heterocycles. The molecule has 2 aromatic rings. The van der Waals surface area contributed by atoms with Crippen LogP contribution in [0.3, 0.4) is 0 Å². The molecule has 0 spiro atoms. The number of ether oxygens (including phenoxy) is 1. The number of nitrogens with zero attached hydrogens (tertiary/aromatic N) is 1. The van der Waals surface area contributed by atoms with E-state index in [1.54, 1.807) is 7.11 Å². The lowest BCUT2D eigenvalue weighted by molar-refractivity contribution is 0.221. The number of likely N-dealkylation sites (tertiary alicyclic amines) is 1. The van der Waals surface area contributed by atoms with Crippen molar-refractivity contribution in [2.75, 3.05) is 30.8 Å². The number of benzene rings is 2. The first-order valence-corrected chi connectivity index (χ1v) is 9.17. The number of hydrogen-bond acceptors (Lipinski definition) is 3. The van der Waals surface area contributed by atoms with Gasteiger partial charge in [-0.05, 0) is 80.1 Å². The van der Waals surface area contributed by atoms with Gasteiger partial charge in [0.05, 0.1) is 7.11 Å². The number of hydrogen-bond donors (Lipinski definition) is 2. The second-order valence-electron chi connectivity index (χ2n) is 6.34. The molecule has 0 amide bonds. The maximum atomic E-state index is 5.38. The Morgan fingerprint density at radius 1 is 0.920 bits per heavy atom. The van der Waals surface area contributed by atoms with Crippen LogP contribution in [0.1, 0.15) is 24.8 Å². The van der Waals surface area contributed by atoms with Gasteiger partial charge in [0.15, 0.2) is 5.11 Å². The van der Waals surface area contributed by atoms with Crippen molar-refractivity contribution < 1.29 is 4.74 Å². The Balaban J connectivity index is 1.50. The van der Waals surface area contributed by atoms with Crippen molar-refractivity contribution >= 4 is 28.7 Å². The standard InChI is InChI=1S/C20H25N3OS/c1-24-19-11-9-18(10-12-19)22-20(25)21-17-7-5-16(6-8-17)15-23-13-3-2-4-14-23/h5-12H,2-4,13-15H2,1H3,(H2,21,22,25). The smallest absolute Gasteiger partial charge is 0.175 e. The van der Waals surface area contributed by atoms with Gasteiger partial charge in [-0.15, -0.1) is 0 Å². The van der Waals surface area contributed by atoms with Crippen molar-refractivity contribution in [2.45, 2.75) is 25.8 Å². The van der Waals surface area contributed by atoms with Crippen molar-refractivity contribution in [3.05, 3.63) is 54.1 Å². The van der Waals surface area contributed by atoms with Gasteiger partial charge in [0.25, 0.3) is 0 Å². The largest absolute Gasteiger partial charge is 0.497 e. The molecule has 5 heteroatoms. The lowest BCUT2D eigenvalue weighted by Gasteiger charge is -2.26. The van der Waals surface area contributed by atoms with E-state index >= 15 is 0 Å². The summed E-state index contributed by atoms with van der Waals surface area (Å²) < 4.78 is 5.16. The van der Waals surface area contributed by atoms with E-state index in [-0.39, 0.29) is 0 Å². The van der Waals surface area contributed by atoms with Gasteiger partial charge < -0.3 is 15.4 Å². The SMILES string of the molecule is COc1ccc(NC(=S)Nc2ccc(CN3CCCCC3)cc2)cc1. The van der Waals surface area contributed by atoms with E-state index in [4.69, 9.17) is 17.0 Å². The molecule has 1 aliphatic heterocycles. The van der Waals surface area contributed by atoms with E-state index < -0.39 is 0 Å². The van der Waals surface area contributed by atoms with Crippen LogP contribution in [0.15, 0.2) is 48.5 Å². The fourth-order valence-electron chi connectivity index (χ4n) is 3.04. The molecule has 0 saturated carbocycles. The lowest BCUT2D eigenvalue weighted by atomic mass is 10.1. The van der Waals surface area contributed by atoms with Crippen LogP contribution in [-0.2, 0) is 6.54 Å². The zero-order valence-corrected chi connectivity index (χ0v) is 15.4. The fraction of sp³-hybridized carbons (Fsp3) is 0.350. The van der Waals surface area contributed by atoms with Crippen LogP contribution in [0.4, 0.5) is 11.4 Å². The molecule has 25 heavy (non-hydrogen) atoms. The summed E-state index contributed by atoms with van der Waals surface area (Å²) in [6.45, 7) is 3.47. The van der Waals surface area contributed by atoms with Gasteiger partial charge in [0.1, 0.15) is 5.75 Å². The first kappa shape index (κ1) is 17.7. The predicted molar refractivity (Wildman–Crippen MR) is 108 cm³/mol. The van der Waals surface area contributed by atoms with Gasteiger partial charge in [-0.25, -0.2) is 0 Å². The first-order chi connectivity index (χ1) is 12.2. The number of thiocarbonyl (C=S) groups is 1. The van der Waals surface area contributed by atoms with Crippen LogP contribution in [0.25, 0.3) is 0 Å². The highest BCUT2D eigenvalue weighted by Gasteiger charge is 2.10. The van der Waals surface area contributed by atoms with Crippen LogP contribution >= 0.6 is 12.2 Å². The molecule has 1 saturated heterocycles. The van der Waals surface area contributed by atoms with Crippen LogP contribution < -0.4 is 15.4 Å². The third-order valence-corrected chi connectivity index (χ3v) is 4.62. The van der Waals surface area contributed by atoms with Crippen molar-refractivity contribution in [2.24, 2.45) is 0 Å². The summed E-state index contributed by atoms with van der Waals surface area (Å²) in [6.07, 6.45) is 4.02. The van der Waals surface area contributed by atoms with Crippen LogP contribution in [0, 0.1) is 0 Å². The number of methoxy groups -OCH3 is 1. The molecule has 1 aliphatic rings. The average Bonchev–Trinajstić information content (AvgIpc) is 2.65. The number of nitrogens with one attached hydrogen (secondary N) is 2. The zero-order valence-electron chi connectivity index (χ0n) is 14.6. The highest BCUT2D eigenvalue weighted by Crippen LogP contribution is 2.17. The number of rotatable bonds is 5. The quantitative estimate of drug-likeness (QED) is 0.773. The molecule has 4 nitrogen and oxygen atoms in total. The summed E-state index contributed by atoms with van der Waals surface area (Å²) in [5, 5.41) is 6.98. The molecular weight excluding hydrogens is 330 g/mol. The van der Waals surface area contributed by atoms with E-state index in [2.05, 4.69) is 39.8 Å². The average molecular weight is 356 g/mol. The molecule has 132 valence electrons. The van der Waals surface area contributed by atoms with Gasteiger partial charge in [-0.3, -0.25) is 4.90 Å². The van der Waals surface area contributed by atoms with Gasteiger partial charge in [0.2, 0.25) is 0 Å². The number of anilines is 2. The molecule has 0 atom stereocenters. The monoisotopic (exact) mass is 355 g/mol. The normalized spacial score (nSPS) is 14.8. The fourth-order valence-corrected chi connectivity index (χ4v) is 3.27. The summed E-state index contributed by atoms with van der Waals surface area (Å²) in [5.74, 6) is 0.828. The van der Waals surface area contributed by atoms with Crippen LogP contribution in [0.2, 0.25) is 0 Å². The second kappa shape index (κ2) is 8.83. The highest BCUT2D eigenvalue weighted by molar-refractivity contribution is 7.80. The number of piperidine rings is 1. The van der Waals surface area contributed by atoms with Crippen molar-refractivity contribution in [1.29, 1.82) is 0 Å². The third-order valence-electron chi connectivity index (χ3n) is 4.41. The van der Waals surface area contributed by atoms with E-state index in [9.17, 15) is 0 Å². The van der Waals surface area contributed by atoms with Gasteiger partial charge in [-0.2, -0.15) is 0 Å². The van der Waals surface area contributed by atoms with Crippen molar-refractivity contribution in [3.63, 3.8) is 0 Å². The molecular formula is C20H25N3OS. The maximum absolute atomic E-state index is 5.38. The van der Waals surface area contributed by atoms with Gasteiger partial charge >= 0.3 is 0 Å². The highest BCUT2D eigenvalue weighted by atomic mass is 32.1. The second-order valence-corrected chi connectivity index (χ2v) is 6.75. The summed E-state index contributed by atoms with van der Waals surface area (Å²) in [6, 6.07) is 16.2. The summed E-state index contributed by atoms with van der Waals surface area (Å²) in [4.78, 5) is 2.53. The molecule has 1 heterocycles. The van der Waals surface area contributed by atoms with Crippen LogP contribution in [-0.4, -0.2) is 30.2 Å². The minimum absolute atomic E-state index is 0.578. The van der Waals surface area contributed by atoms with Gasteiger partial charge in [0, 0.05) is 17.9 Å². The Labute approximate surface area is 155 Å². The molecule has 0 bridgehead atoms. The Morgan fingerprint density at radius 2 is 1.48 bits per heavy atom. The van der Waals surface area contributed by atoms with Crippen molar-refractivity contribution in [3.8, 4) is 5.75 Å². The van der Waals surface area contributed by atoms with E-state index in [1.807, 2.05) is 24.3 Å². The molecule has 0 aliphatic carbocycles. The minimum Gasteiger partial charge on any atom is -0.497 e. The maximum Gasteiger partial charge on any atom is 0.175 e. The van der Waals surface area contributed by atoms with Gasteiger partial charge in [-0.1, -0.05) is 18.6 Å². The lowest BCUT2D eigenvalue weighted by Crippen LogP contribution is -2.29. The Hall–Kier alpha value is -2.11. The summed E-state index contributed by atoms with van der Waals surface area (Å²) >= 11 is 5.38. The molecule has 2 N–H and O–H groups in total. The zero-order chi connectivity index (χ0) is 17.5. The predicted octanol–water partition coefficient (Wildman–Crippen LogP) is 4.49. The van der Waals surface area contributed by atoms with E-state index in [0.717, 1.165) is 23.7 Å². The Morgan fingerprint density at radius 3 is 2.04 bits per heavy atom. The molecule has 1 fully saturated rings. The topological polar surface area (TPSA) is 36.5 Å². The molecule has 2 aromatic carbocycles. The van der Waals surface area contributed by atoms with Crippen LogP contribution in [0.5, 0.6) is 5.75 Å². The van der Waals surface area contributed by atoms with E-state index in [1.165, 1.54) is 37.9 Å². The minimum atomic E-state index is 0.578. The molecule has 0 radical (unpaired) electrons. The first-order valence-electron chi connectivity index (χ1n) is 8.76. The summed E-state index contributed by atoms with van der Waals surface area (Å²) in [7, 11) is 1.66. The summed E-state index contributed by atoms with van der Waals surface area (Å²) in [5.41, 5.74) is 3.27. The van der Waals surface area contributed by atoms with Crippen molar-refractivity contribution in [1.82, 2.24) is 4.90 Å².